The third-order valence-electron chi connectivity index (χ3n) is 3.38. The molecule has 1 unspecified atom stereocenters. The van der Waals surface area contributed by atoms with E-state index in [9.17, 15) is 8.42 Å². The van der Waals surface area contributed by atoms with Gasteiger partial charge in [-0.05, 0) is 24.3 Å². The molecule has 5 nitrogen and oxygen atoms in total. The molecule has 2 aromatic heterocycles. The van der Waals surface area contributed by atoms with E-state index in [1.807, 2.05) is 17.5 Å². The topological polar surface area (TPSA) is 86.2 Å². The molecule has 1 aliphatic heterocycles. The van der Waals surface area contributed by atoms with Crippen molar-refractivity contribution in [1.29, 1.82) is 0 Å². The smallest absolute Gasteiger partial charge is 0.175 e. The maximum Gasteiger partial charge on any atom is 0.175 e. The van der Waals surface area contributed by atoms with Gasteiger partial charge in [-0.3, -0.25) is 0 Å². The Kier molecular flexibility index (Phi) is 3.10. The van der Waals surface area contributed by atoms with Crippen molar-refractivity contribution in [2.75, 3.05) is 11.5 Å². The van der Waals surface area contributed by atoms with E-state index < -0.39 is 15.1 Å². The van der Waals surface area contributed by atoms with E-state index in [1.165, 1.54) is 11.3 Å². The van der Waals surface area contributed by atoms with E-state index in [1.54, 1.807) is 0 Å². The zero-order valence-electron chi connectivity index (χ0n) is 10.2. The van der Waals surface area contributed by atoms with Crippen molar-refractivity contribution in [1.82, 2.24) is 5.16 Å². The highest BCUT2D eigenvalue weighted by atomic mass is 32.2. The van der Waals surface area contributed by atoms with Crippen molar-refractivity contribution in [3.8, 4) is 10.4 Å². The normalized spacial score (nSPS) is 22.4. The van der Waals surface area contributed by atoms with Crippen LogP contribution < -0.4 is 5.73 Å². The zero-order valence-corrected chi connectivity index (χ0v) is 11.8. The van der Waals surface area contributed by atoms with Gasteiger partial charge in [0.15, 0.2) is 21.4 Å². The number of nitrogen functional groups attached to an aromatic ring is 1. The van der Waals surface area contributed by atoms with Gasteiger partial charge in [-0.1, -0.05) is 17.6 Å². The summed E-state index contributed by atoms with van der Waals surface area (Å²) in [6.45, 7) is 0. The first-order valence-corrected chi connectivity index (χ1v) is 8.69. The van der Waals surface area contributed by atoms with Crippen LogP contribution in [0.25, 0.3) is 10.4 Å². The highest BCUT2D eigenvalue weighted by molar-refractivity contribution is 7.91. The average Bonchev–Trinajstić information content (AvgIpc) is 2.97. The lowest BCUT2D eigenvalue weighted by Crippen LogP contribution is -2.21. The summed E-state index contributed by atoms with van der Waals surface area (Å²) in [5.41, 5.74) is 6.48. The van der Waals surface area contributed by atoms with Crippen molar-refractivity contribution in [3.05, 3.63) is 23.3 Å². The lowest BCUT2D eigenvalue weighted by molar-refractivity contribution is 0.372. The first kappa shape index (κ1) is 12.7. The minimum absolute atomic E-state index is 0.210. The minimum atomic E-state index is -3.16. The highest BCUT2D eigenvalue weighted by Gasteiger charge is 2.36. The number of anilines is 1. The zero-order chi connectivity index (χ0) is 13.5. The predicted molar refractivity (Wildman–Crippen MR) is 74.6 cm³/mol. The highest BCUT2D eigenvalue weighted by Crippen LogP contribution is 2.42. The van der Waals surface area contributed by atoms with Gasteiger partial charge in [0.2, 0.25) is 0 Å². The fourth-order valence-corrected chi connectivity index (χ4v) is 5.14. The molecule has 3 heterocycles. The van der Waals surface area contributed by atoms with Crippen molar-refractivity contribution in [2.45, 2.75) is 24.5 Å². The standard InChI is InChI=1S/C12H14N2O3S2/c13-12-10(8-4-3-6-18-8)11(17-14-12)9-5-1-2-7-19(9,15)16/h3-4,6,9H,1-2,5,7H2,(H2,13,14). The maximum absolute atomic E-state index is 12.2. The molecular weight excluding hydrogens is 284 g/mol. The Morgan fingerprint density at radius 3 is 2.95 bits per heavy atom. The molecule has 0 bridgehead atoms. The Hall–Kier alpha value is -1.34. The summed E-state index contributed by atoms with van der Waals surface area (Å²) in [6, 6.07) is 3.79. The monoisotopic (exact) mass is 298 g/mol. The molecule has 19 heavy (non-hydrogen) atoms. The van der Waals surface area contributed by atoms with E-state index >= 15 is 0 Å². The minimum Gasteiger partial charge on any atom is -0.380 e. The molecule has 1 aliphatic rings. The Morgan fingerprint density at radius 1 is 1.42 bits per heavy atom. The third-order valence-corrected chi connectivity index (χ3v) is 6.45. The molecule has 0 aromatic carbocycles. The van der Waals surface area contributed by atoms with E-state index in [0.717, 1.165) is 17.7 Å². The molecule has 2 aromatic rings. The Labute approximate surface area is 115 Å². The summed E-state index contributed by atoms with van der Waals surface area (Å²) in [7, 11) is -3.16. The van der Waals surface area contributed by atoms with Crippen LogP contribution in [-0.2, 0) is 9.84 Å². The molecule has 7 heteroatoms. The number of aromatic nitrogens is 1. The van der Waals surface area contributed by atoms with E-state index in [0.29, 0.717) is 17.7 Å². The molecule has 2 N–H and O–H groups in total. The Balaban J connectivity index is 2.11. The first-order valence-electron chi connectivity index (χ1n) is 6.10. The fourth-order valence-electron chi connectivity index (χ4n) is 2.45. The second-order valence-corrected chi connectivity index (χ2v) is 7.89. The number of hydrogen-bond acceptors (Lipinski definition) is 6. The van der Waals surface area contributed by atoms with Gasteiger partial charge in [-0.25, -0.2) is 8.42 Å². The van der Waals surface area contributed by atoms with Gasteiger partial charge in [0.25, 0.3) is 0 Å². The number of thiophene rings is 1. The average molecular weight is 298 g/mol. The number of nitrogens with two attached hydrogens (primary N) is 1. The van der Waals surface area contributed by atoms with Gasteiger partial charge < -0.3 is 10.3 Å². The van der Waals surface area contributed by atoms with Gasteiger partial charge >= 0.3 is 0 Å². The first-order chi connectivity index (χ1) is 9.09. The molecule has 3 rings (SSSR count). The quantitative estimate of drug-likeness (QED) is 0.921. The SMILES string of the molecule is Nc1noc(C2CCCCS2(=O)=O)c1-c1cccs1. The van der Waals surface area contributed by atoms with Crippen LogP contribution in [0.4, 0.5) is 5.82 Å². The number of sulfone groups is 1. The van der Waals surface area contributed by atoms with Crippen LogP contribution in [0.15, 0.2) is 22.0 Å². The molecule has 0 aliphatic carbocycles. The van der Waals surface area contributed by atoms with Gasteiger partial charge in [0.05, 0.1) is 11.3 Å². The van der Waals surface area contributed by atoms with Gasteiger partial charge in [-0.2, -0.15) is 0 Å². The van der Waals surface area contributed by atoms with Crippen LogP contribution in [0, 0.1) is 0 Å². The van der Waals surface area contributed by atoms with E-state index in [2.05, 4.69) is 5.16 Å². The van der Waals surface area contributed by atoms with Crippen molar-refractivity contribution < 1.29 is 12.9 Å². The van der Waals surface area contributed by atoms with Crippen LogP contribution in [0.3, 0.4) is 0 Å². The molecule has 102 valence electrons. The summed E-state index contributed by atoms with van der Waals surface area (Å²) in [5.74, 6) is 0.875. The van der Waals surface area contributed by atoms with Crippen LogP contribution in [0.1, 0.15) is 30.3 Å². The van der Waals surface area contributed by atoms with Gasteiger partial charge in [-0.15, -0.1) is 11.3 Å². The second kappa shape index (κ2) is 4.64. The maximum atomic E-state index is 12.2. The van der Waals surface area contributed by atoms with Crippen molar-refractivity contribution in [2.24, 2.45) is 0 Å². The number of rotatable bonds is 2. The molecule has 1 atom stereocenters. The Morgan fingerprint density at radius 2 is 2.26 bits per heavy atom. The molecule has 0 spiro atoms. The van der Waals surface area contributed by atoms with Crippen LogP contribution in [-0.4, -0.2) is 19.3 Å². The number of hydrogen-bond donors (Lipinski definition) is 1. The van der Waals surface area contributed by atoms with E-state index in [4.69, 9.17) is 10.3 Å². The summed E-state index contributed by atoms with van der Waals surface area (Å²) < 4.78 is 29.6. The summed E-state index contributed by atoms with van der Waals surface area (Å²) in [6.07, 6.45) is 2.18. The third kappa shape index (κ3) is 2.17. The van der Waals surface area contributed by atoms with Crippen LogP contribution >= 0.6 is 11.3 Å². The molecule has 0 amide bonds. The summed E-state index contributed by atoms with van der Waals surface area (Å²) in [4.78, 5) is 0.898. The van der Waals surface area contributed by atoms with Crippen molar-refractivity contribution >= 4 is 27.0 Å². The van der Waals surface area contributed by atoms with Gasteiger partial charge in [0.1, 0.15) is 5.25 Å². The lowest BCUT2D eigenvalue weighted by atomic mass is 10.1. The molecule has 1 fully saturated rings. The summed E-state index contributed by atoms with van der Waals surface area (Å²) >= 11 is 1.50. The van der Waals surface area contributed by atoms with E-state index in [-0.39, 0.29) is 11.6 Å². The molecule has 0 radical (unpaired) electrons. The van der Waals surface area contributed by atoms with Crippen molar-refractivity contribution in [3.63, 3.8) is 0 Å². The van der Waals surface area contributed by atoms with Gasteiger partial charge in [0, 0.05) is 4.88 Å². The Bertz CT molecular complexity index is 674. The molecule has 1 saturated heterocycles. The second-order valence-electron chi connectivity index (χ2n) is 4.64. The lowest BCUT2D eigenvalue weighted by Gasteiger charge is -2.20. The molecular formula is C12H14N2O3S2. The number of nitrogens with zero attached hydrogens (tertiary/aromatic N) is 1. The molecule has 0 saturated carbocycles. The largest absolute Gasteiger partial charge is 0.380 e. The summed E-state index contributed by atoms with van der Waals surface area (Å²) in [5, 5.41) is 5.07. The fraction of sp³-hybridized carbons (Fsp3) is 0.417. The predicted octanol–water partition coefficient (Wildman–Crippen LogP) is 2.63. The van der Waals surface area contributed by atoms with Crippen LogP contribution in [0.2, 0.25) is 0 Å². The van der Waals surface area contributed by atoms with Crippen LogP contribution in [0.5, 0.6) is 0 Å².